The summed E-state index contributed by atoms with van der Waals surface area (Å²) in [5, 5.41) is 13.2. The minimum absolute atomic E-state index is 0.279. The van der Waals surface area contributed by atoms with Gasteiger partial charge < -0.3 is 15.3 Å². The van der Waals surface area contributed by atoms with E-state index in [9.17, 15) is 14.7 Å². The molecule has 28 heavy (non-hydrogen) atoms. The molecule has 0 radical (unpaired) electrons. The van der Waals surface area contributed by atoms with Crippen LogP contribution in [0.4, 0.5) is 0 Å². The first kappa shape index (κ1) is 18.1. The zero-order valence-corrected chi connectivity index (χ0v) is 15.3. The fourth-order valence-corrected chi connectivity index (χ4v) is 3.53. The second kappa shape index (κ2) is 7.78. The largest absolute Gasteiger partial charge is 0.394 e. The highest BCUT2D eigenvalue weighted by Crippen LogP contribution is 2.19. The van der Waals surface area contributed by atoms with E-state index in [2.05, 4.69) is 16.4 Å². The molecule has 0 fully saturated rings. The minimum atomic E-state index is -0.982. The molecule has 6 heteroatoms. The first-order valence-corrected chi connectivity index (χ1v) is 9.28. The summed E-state index contributed by atoms with van der Waals surface area (Å²) in [4.78, 5) is 31.4. The van der Waals surface area contributed by atoms with E-state index in [4.69, 9.17) is 0 Å². The number of amides is 2. The van der Waals surface area contributed by atoms with Crippen molar-refractivity contribution in [2.24, 2.45) is 0 Å². The van der Waals surface area contributed by atoms with Crippen molar-refractivity contribution in [3.05, 3.63) is 77.5 Å². The molecule has 2 aromatic carbocycles. The molecule has 4 rings (SSSR count). The molecule has 2 N–H and O–H groups in total. The van der Waals surface area contributed by atoms with Crippen LogP contribution in [0.3, 0.4) is 0 Å². The molecule has 0 saturated carbocycles. The Morgan fingerprint density at radius 3 is 2.68 bits per heavy atom. The van der Waals surface area contributed by atoms with Crippen LogP contribution in [0.2, 0.25) is 0 Å². The lowest BCUT2D eigenvalue weighted by molar-refractivity contribution is -0.135. The smallest absolute Gasteiger partial charge is 0.253 e. The lowest BCUT2D eigenvalue weighted by Crippen LogP contribution is -2.51. The van der Waals surface area contributed by atoms with E-state index < -0.39 is 18.6 Å². The van der Waals surface area contributed by atoms with Gasteiger partial charge in [0.05, 0.1) is 17.7 Å². The summed E-state index contributed by atoms with van der Waals surface area (Å²) in [6.45, 7) is 0.600. The van der Waals surface area contributed by atoms with Gasteiger partial charge in [0.15, 0.2) is 0 Å². The fourth-order valence-electron chi connectivity index (χ4n) is 3.53. The molecule has 142 valence electrons. The molecule has 0 bridgehead atoms. The average Bonchev–Trinajstić information content (AvgIpc) is 2.76. The average molecular weight is 375 g/mol. The number of hydrogen-bond acceptors (Lipinski definition) is 4. The van der Waals surface area contributed by atoms with Gasteiger partial charge in [-0.15, -0.1) is 0 Å². The predicted octanol–water partition coefficient (Wildman–Crippen LogP) is 1.91. The number of aliphatic hydroxyl groups is 1. The Morgan fingerprint density at radius 1 is 1.11 bits per heavy atom. The molecule has 1 aliphatic heterocycles. The number of aliphatic hydroxyl groups excluding tert-OH is 1. The third-order valence-corrected chi connectivity index (χ3v) is 5.08. The predicted molar refractivity (Wildman–Crippen MR) is 106 cm³/mol. The van der Waals surface area contributed by atoms with Crippen LogP contribution in [0.5, 0.6) is 0 Å². The van der Waals surface area contributed by atoms with E-state index >= 15 is 0 Å². The van der Waals surface area contributed by atoms with Gasteiger partial charge in [0.25, 0.3) is 5.91 Å². The van der Waals surface area contributed by atoms with Crippen LogP contribution in [-0.4, -0.2) is 46.0 Å². The summed E-state index contributed by atoms with van der Waals surface area (Å²) in [5.74, 6) is -0.706. The topological polar surface area (TPSA) is 82.5 Å². The number of hydrogen-bond donors (Lipinski definition) is 2. The van der Waals surface area contributed by atoms with E-state index in [-0.39, 0.29) is 5.91 Å². The van der Waals surface area contributed by atoms with Crippen molar-refractivity contribution in [3.8, 4) is 0 Å². The maximum Gasteiger partial charge on any atom is 0.253 e. The molecule has 6 nitrogen and oxygen atoms in total. The van der Waals surface area contributed by atoms with Crippen molar-refractivity contribution in [1.82, 2.24) is 15.2 Å². The van der Waals surface area contributed by atoms with Gasteiger partial charge in [-0.1, -0.05) is 42.5 Å². The highest BCUT2D eigenvalue weighted by molar-refractivity contribution is 5.99. The Bertz CT molecular complexity index is 1030. The molecule has 0 aliphatic carbocycles. The van der Waals surface area contributed by atoms with Gasteiger partial charge in [-0.05, 0) is 29.7 Å². The van der Waals surface area contributed by atoms with E-state index in [1.165, 1.54) is 11.8 Å². The Labute approximate surface area is 162 Å². The van der Waals surface area contributed by atoms with Crippen molar-refractivity contribution >= 4 is 22.7 Å². The number of carbonyl (C=O) groups is 2. The summed E-state index contributed by atoms with van der Waals surface area (Å²) in [7, 11) is 0. The second-order valence-corrected chi connectivity index (χ2v) is 6.90. The highest BCUT2D eigenvalue weighted by Gasteiger charge is 2.28. The van der Waals surface area contributed by atoms with Crippen LogP contribution in [0.25, 0.3) is 10.9 Å². The van der Waals surface area contributed by atoms with Gasteiger partial charge in [-0.3, -0.25) is 14.6 Å². The molecule has 0 unspecified atom stereocenters. The normalized spacial score (nSPS) is 14.4. The third-order valence-electron chi connectivity index (χ3n) is 5.08. The van der Waals surface area contributed by atoms with Crippen LogP contribution in [0.1, 0.15) is 21.5 Å². The summed E-state index contributed by atoms with van der Waals surface area (Å²) >= 11 is 0. The van der Waals surface area contributed by atoms with Crippen LogP contribution in [-0.2, 0) is 17.8 Å². The number of benzene rings is 2. The number of pyridine rings is 1. The molecule has 3 aromatic rings. The number of para-hydroxylation sites is 1. The van der Waals surface area contributed by atoms with Gasteiger partial charge >= 0.3 is 0 Å². The van der Waals surface area contributed by atoms with Gasteiger partial charge in [-0.25, -0.2) is 0 Å². The van der Waals surface area contributed by atoms with Crippen molar-refractivity contribution in [2.45, 2.75) is 19.0 Å². The van der Waals surface area contributed by atoms with Gasteiger partial charge in [0, 0.05) is 24.7 Å². The van der Waals surface area contributed by atoms with Crippen LogP contribution >= 0.6 is 0 Å². The summed E-state index contributed by atoms with van der Waals surface area (Å²) in [5.41, 5.74) is 3.48. The maximum absolute atomic E-state index is 12.9. The van der Waals surface area contributed by atoms with E-state index in [1.54, 1.807) is 11.0 Å². The molecule has 2 heterocycles. The van der Waals surface area contributed by atoms with Crippen molar-refractivity contribution in [2.75, 3.05) is 13.2 Å². The molecule has 1 aliphatic rings. The first-order valence-electron chi connectivity index (χ1n) is 9.28. The highest BCUT2D eigenvalue weighted by atomic mass is 16.3. The quantitative estimate of drug-likeness (QED) is 0.730. The number of rotatable bonds is 4. The Hall–Kier alpha value is -3.25. The van der Waals surface area contributed by atoms with Gasteiger partial charge in [0.2, 0.25) is 5.91 Å². The summed E-state index contributed by atoms with van der Waals surface area (Å²) in [6, 6.07) is 16.3. The molecule has 2 amide bonds. The molecule has 1 aromatic heterocycles. The first-order chi connectivity index (χ1) is 13.7. The van der Waals surface area contributed by atoms with Crippen LogP contribution in [0.15, 0.2) is 60.8 Å². The number of carbonyl (C=O) groups excluding carboxylic acids is 2. The second-order valence-electron chi connectivity index (χ2n) is 6.90. The third kappa shape index (κ3) is 3.59. The van der Waals surface area contributed by atoms with Crippen molar-refractivity contribution in [1.29, 1.82) is 0 Å². The standard InChI is InChI=1S/C22H21N3O3/c26-14-20(22(28)25-10-9-15-5-1-2-7-17(15)13-25)24-21(27)18-11-16-6-3-4-8-19(16)23-12-18/h1-8,11-12,20,26H,9-10,13-14H2,(H,24,27)/t20-/m0/s1. The zero-order valence-electron chi connectivity index (χ0n) is 15.3. The lowest BCUT2D eigenvalue weighted by atomic mass is 9.99. The molecule has 1 atom stereocenters. The molecule has 0 spiro atoms. The monoisotopic (exact) mass is 375 g/mol. The SMILES string of the molecule is O=C(N[C@@H](CO)C(=O)N1CCc2ccccc2C1)c1cnc2ccccc2c1. The van der Waals surface area contributed by atoms with Crippen LogP contribution in [0, 0.1) is 0 Å². The lowest BCUT2D eigenvalue weighted by Gasteiger charge is -2.31. The Morgan fingerprint density at radius 2 is 1.86 bits per heavy atom. The zero-order chi connectivity index (χ0) is 19.5. The minimum Gasteiger partial charge on any atom is -0.394 e. The number of nitrogens with one attached hydrogen (secondary N) is 1. The molecule has 0 saturated heterocycles. The number of nitrogens with zero attached hydrogens (tertiary/aromatic N) is 2. The molecular formula is C22H21N3O3. The van der Waals surface area contributed by atoms with Crippen molar-refractivity contribution in [3.63, 3.8) is 0 Å². The summed E-state index contributed by atoms with van der Waals surface area (Å²) < 4.78 is 0. The Kier molecular flexibility index (Phi) is 5.04. The maximum atomic E-state index is 12.9. The van der Waals surface area contributed by atoms with Gasteiger partial charge in [-0.2, -0.15) is 0 Å². The van der Waals surface area contributed by atoms with E-state index in [1.807, 2.05) is 42.5 Å². The number of fused-ring (bicyclic) bond motifs is 2. The fraction of sp³-hybridized carbons (Fsp3) is 0.227. The van der Waals surface area contributed by atoms with E-state index in [0.717, 1.165) is 22.9 Å². The van der Waals surface area contributed by atoms with Crippen molar-refractivity contribution < 1.29 is 14.7 Å². The van der Waals surface area contributed by atoms with E-state index in [0.29, 0.717) is 18.7 Å². The Balaban J connectivity index is 1.47. The molecular weight excluding hydrogens is 354 g/mol. The summed E-state index contributed by atoms with van der Waals surface area (Å²) in [6.07, 6.45) is 2.25. The number of aromatic nitrogens is 1. The van der Waals surface area contributed by atoms with Gasteiger partial charge in [0.1, 0.15) is 6.04 Å². The van der Waals surface area contributed by atoms with Crippen LogP contribution < -0.4 is 5.32 Å².